The van der Waals surface area contributed by atoms with Crippen LogP contribution in [-0.2, 0) is 4.79 Å². The average Bonchev–Trinajstić information content (AvgIpc) is 3.29. The molecule has 0 saturated heterocycles. The van der Waals surface area contributed by atoms with E-state index >= 15 is 0 Å². The van der Waals surface area contributed by atoms with Gasteiger partial charge >= 0.3 is 6.18 Å². The summed E-state index contributed by atoms with van der Waals surface area (Å²) in [4.78, 5) is 12.1. The van der Waals surface area contributed by atoms with Gasteiger partial charge in [-0.3, -0.25) is 4.79 Å². The largest absolute Gasteiger partial charge is 0.497 e. The molecule has 124 valence electrons. The number of aliphatic hydroxyl groups is 1. The lowest BCUT2D eigenvalue weighted by Crippen LogP contribution is -2.57. The Morgan fingerprint density at radius 2 is 1.96 bits per heavy atom. The Kier molecular flexibility index (Phi) is 3.59. The molecule has 1 amide bonds. The van der Waals surface area contributed by atoms with E-state index in [4.69, 9.17) is 4.74 Å². The SMILES string of the molecule is COc1ccc(C2=NN(C(=O)C3CC3)[C@@](O)(C(F)(F)F)C2)cc1. The molecule has 2 aliphatic rings. The fraction of sp³-hybridized carbons (Fsp3) is 0.467. The molecule has 0 radical (unpaired) electrons. The van der Waals surface area contributed by atoms with E-state index in [0.717, 1.165) is 0 Å². The number of nitrogens with zero attached hydrogens (tertiary/aromatic N) is 2. The van der Waals surface area contributed by atoms with E-state index in [9.17, 15) is 23.1 Å². The first-order valence-corrected chi connectivity index (χ1v) is 7.11. The summed E-state index contributed by atoms with van der Waals surface area (Å²) in [6.45, 7) is 0. The highest BCUT2D eigenvalue weighted by Crippen LogP contribution is 2.44. The second-order valence-corrected chi connectivity index (χ2v) is 5.69. The van der Waals surface area contributed by atoms with Crippen LogP contribution in [0.15, 0.2) is 29.4 Å². The lowest BCUT2D eigenvalue weighted by atomic mass is 10.0. The molecule has 0 unspecified atom stereocenters. The number of carbonyl (C=O) groups is 1. The zero-order chi connectivity index (χ0) is 16.8. The summed E-state index contributed by atoms with van der Waals surface area (Å²) in [5, 5.41) is 14.1. The summed E-state index contributed by atoms with van der Waals surface area (Å²) < 4.78 is 44.9. The second-order valence-electron chi connectivity index (χ2n) is 5.69. The molecular weight excluding hydrogens is 313 g/mol. The summed E-state index contributed by atoms with van der Waals surface area (Å²) in [6, 6.07) is 6.24. The van der Waals surface area contributed by atoms with Crippen LogP contribution in [0.5, 0.6) is 5.75 Å². The maximum absolute atomic E-state index is 13.3. The summed E-state index contributed by atoms with van der Waals surface area (Å²) in [6.07, 6.45) is -4.73. The molecule has 1 N–H and O–H groups in total. The Balaban J connectivity index is 1.95. The number of amides is 1. The van der Waals surface area contributed by atoms with Gasteiger partial charge in [0.1, 0.15) is 5.75 Å². The monoisotopic (exact) mass is 328 g/mol. The number of hydrazone groups is 1. The molecule has 1 aromatic carbocycles. The first kappa shape index (κ1) is 15.8. The molecule has 0 aromatic heterocycles. The van der Waals surface area contributed by atoms with Crippen molar-refractivity contribution in [3.63, 3.8) is 0 Å². The van der Waals surface area contributed by atoms with Crippen molar-refractivity contribution in [2.24, 2.45) is 11.0 Å². The van der Waals surface area contributed by atoms with Gasteiger partial charge in [0.25, 0.3) is 5.72 Å². The van der Waals surface area contributed by atoms with Crippen LogP contribution in [-0.4, -0.2) is 40.7 Å². The average molecular weight is 328 g/mol. The summed E-state index contributed by atoms with van der Waals surface area (Å²) in [7, 11) is 1.47. The van der Waals surface area contributed by atoms with Gasteiger partial charge in [-0.15, -0.1) is 0 Å². The molecule has 1 aliphatic carbocycles. The number of rotatable bonds is 3. The standard InChI is InChI=1S/C15H15F3N2O3/c1-23-11-6-4-9(5-7-11)12-8-14(22,15(16,17)18)20(19-12)13(21)10-2-3-10/h4-7,10,22H,2-3,8H2,1H3/t14-/m0/s1. The van der Waals surface area contributed by atoms with E-state index in [0.29, 0.717) is 24.2 Å². The van der Waals surface area contributed by atoms with Crippen molar-refractivity contribution in [2.45, 2.75) is 31.2 Å². The van der Waals surface area contributed by atoms with Gasteiger partial charge < -0.3 is 9.84 Å². The molecule has 0 spiro atoms. The fourth-order valence-electron chi connectivity index (χ4n) is 2.45. The van der Waals surface area contributed by atoms with Crippen LogP contribution < -0.4 is 4.74 Å². The van der Waals surface area contributed by atoms with Gasteiger partial charge in [-0.25, -0.2) is 0 Å². The highest BCUT2D eigenvalue weighted by atomic mass is 19.4. The number of hydrogen-bond acceptors (Lipinski definition) is 4. The lowest BCUT2D eigenvalue weighted by Gasteiger charge is -2.32. The second kappa shape index (κ2) is 5.23. The van der Waals surface area contributed by atoms with Gasteiger partial charge in [-0.05, 0) is 42.7 Å². The fourth-order valence-corrected chi connectivity index (χ4v) is 2.45. The van der Waals surface area contributed by atoms with Crippen LogP contribution in [0, 0.1) is 5.92 Å². The van der Waals surface area contributed by atoms with E-state index in [-0.39, 0.29) is 10.7 Å². The van der Waals surface area contributed by atoms with Crippen LogP contribution in [0.25, 0.3) is 0 Å². The molecule has 8 heteroatoms. The zero-order valence-corrected chi connectivity index (χ0v) is 12.3. The van der Waals surface area contributed by atoms with Gasteiger partial charge in [0.15, 0.2) is 0 Å². The quantitative estimate of drug-likeness (QED) is 0.926. The minimum atomic E-state index is -4.99. The topological polar surface area (TPSA) is 62.1 Å². The van der Waals surface area contributed by atoms with Gasteiger partial charge in [0, 0.05) is 5.92 Å². The molecule has 5 nitrogen and oxygen atoms in total. The van der Waals surface area contributed by atoms with Gasteiger partial charge in [-0.1, -0.05) is 0 Å². The number of methoxy groups -OCH3 is 1. The number of carbonyl (C=O) groups excluding carboxylic acids is 1. The Hall–Kier alpha value is -2.09. The van der Waals surface area contributed by atoms with Crippen molar-refractivity contribution in [3.05, 3.63) is 29.8 Å². The van der Waals surface area contributed by atoms with Gasteiger partial charge in [0.2, 0.25) is 5.91 Å². The highest BCUT2D eigenvalue weighted by Gasteiger charge is 2.64. The molecule has 1 aromatic rings. The molecule has 0 bridgehead atoms. The molecule has 1 atom stereocenters. The number of ether oxygens (including phenoxy) is 1. The molecular formula is C15H15F3N2O3. The zero-order valence-electron chi connectivity index (χ0n) is 12.3. The van der Waals surface area contributed by atoms with E-state index in [2.05, 4.69) is 5.10 Å². The van der Waals surface area contributed by atoms with Crippen molar-refractivity contribution < 1.29 is 27.8 Å². The Bertz CT molecular complexity index is 653. The third-order valence-electron chi connectivity index (χ3n) is 4.00. The predicted octanol–water partition coefficient (Wildman–Crippen LogP) is 2.29. The molecule has 1 fully saturated rings. The van der Waals surface area contributed by atoms with E-state index in [1.165, 1.54) is 7.11 Å². The van der Waals surface area contributed by atoms with Crippen molar-refractivity contribution >= 4 is 11.6 Å². The summed E-state index contributed by atoms with van der Waals surface area (Å²) in [5.41, 5.74) is -2.87. The van der Waals surface area contributed by atoms with Crippen LogP contribution >= 0.6 is 0 Å². The van der Waals surface area contributed by atoms with Crippen molar-refractivity contribution in [1.29, 1.82) is 0 Å². The van der Waals surface area contributed by atoms with Crippen LogP contribution in [0.2, 0.25) is 0 Å². The molecule has 1 aliphatic heterocycles. The minimum absolute atomic E-state index is 0.0153. The Morgan fingerprint density at radius 1 is 1.35 bits per heavy atom. The van der Waals surface area contributed by atoms with Crippen LogP contribution in [0.4, 0.5) is 13.2 Å². The van der Waals surface area contributed by atoms with E-state index in [1.807, 2.05) is 0 Å². The molecule has 3 rings (SSSR count). The smallest absolute Gasteiger partial charge is 0.438 e. The van der Waals surface area contributed by atoms with Crippen molar-refractivity contribution in [1.82, 2.24) is 5.01 Å². The third kappa shape index (κ3) is 2.67. The van der Waals surface area contributed by atoms with Crippen LogP contribution in [0.1, 0.15) is 24.8 Å². The number of alkyl halides is 3. The summed E-state index contributed by atoms with van der Waals surface area (Å²) in [5.74, 6) is -0.722. The maximum atomic E-state index is 13.3. The minimum Gasteiger partial charge on any atom is -0.497 e. The molecule has 1 saturated carbocycles. The summed E-state index contributed by atoms with van der Waals surface area (Å²) >= 11 is 0. The first-order valence-electron chi connectivity index (χ1n) is 7.11. The number of benzene rings is 1. The lowest BCUT2D eigenvalue weighted by molar-refractivity contribution is -0.302. The number of halogens is 3. The Labute approximate surface area is 130 Å². The van der Waals surface area contributed by atoms with E-state index in [1.54, 1.807) is 24.3 Å². The Morgan fingerprint density at radius 3 is 2.43 bits per heavy atom. The molecule has 1 heterocycles. The van der Waals surface area contributed by atoms with E-state index < -0.39 is 30.1 Å². The first-order chi connectivity index (χ1) is 10.8. The predicted molar refractivity (Wildman–Crippen MR) is 74.7 cm³/mol. The molecule has 23 heavy (non-hydrogen) atoms. The van der Waals surface area contributed by atoms with Crippen molar-refractivity contribution in [2.75, 3.05) is 7.11 Å². The third-order valence-corrected chi connectivity index (χ3v) is 4.00. The normalized spacial score (nSPS) is 24.6. The number of hydrogen-bond donors (Lipinski definition) is 1. The van der Waals surface area contributed by atoms with Gasteiger partial charge in [-0.2, -0.15) is 23.3 Å². The highest BCUT2D eigenvalue weighted by molar-refractivity contribution is 6.03. The van der Waals surface area contributed by atoms with Gasteiger partial charge in [0.05, 0.1) is 19.2 Å². The van der Waals surface area contributed by atoms with Crippen LogP contribution in [0.3, 0.4) is 0 Å². The maximum Gasteiger partial charge on any atom is 0.438 e. The van der Waals surface area contributed by atoms with Crippen molar-refractivity contribution in [3.8, 4) is 5.75 Å².